The van der Waals surface area contributed by atoms with E-state index in [2.05, 4.69) is 0 Å². The zero-order valence-corrected chi connectivity index (χ0v) is 14.4. The minimum Gasteiger partial charge on any atom is -0.457 e. The maximum Gasteiger partial charge on any atom is 0.166 e. The van der Waals surface area contributed by atoms with Gasteiger partial charge in [0.1, 0.15) is 11.5 Å². The van der Waals surface area contributed by atoms with E-state index >= 15 is 0 Å². The molecule has 0 saturated heterocycles. The van der Waals surface area contributed by atoms with E-state index in [4.69, 9.17) is 4.74 Å². The van der Waals surface area contributed by atoms with Gasteiger partial charge in [-0.2, -0.15) is 0 Å². The van der Waals surface area contributed by atoms with Crippen LogP contribution in [0, 0.1) is 0 Å². The number of ether oxygens (including phenoxy) is 1. The third kappa shape index (κ3) is 3.30. The maximum absolute atomic E-state index is 11.1. The monoisotopic (exact) mass is 356 g/mol. The average Bonchev–Trinajstić information content (AvgIpc) is 3.38. The van der Waals surface area contributed by atoms with Crippen molar-refractivity contribution >= 4 is 12.6 Å². The highest BCUT2D eigenvalue weighted by molar-refractivity contribution is 5.74. The molecule has 27 heavy (non-hydrogen) atoms. The van der Waals surface area contributed by atoms with Crippen LogP contribution >= 0.6 is 0 Å². The van der Waals surface area contributed by atoms with E-state index in [9.17, 15) is 9.59 Å². The van der Waals surface area contributed by atoms with Crippen LogP contribution in [0.1, 0.15) is 21.0 Å². The Morgan fingerprint density at radius 2 is 1.00 bits per heavy atom. The van der Waals surface area contributed by atoms with E-state index in [0.717, 1.165) is 23.9 Å². The molecule has 2 heterocycles. The molecule has 0 aliphatic rings. The first-order chi connectivity index (χ1) is 13.3. The van der Waals surface area contributed by atoms with E-state index in [-0.39, 0.29) is 0 Å². The number of nitrogens with zero attached hydrogens (tertiary/aromatic N) is 2. The van der Waals surface area contributed by atoms with Crippen LogP contribution < -0.4 is 4.74 Å². The SMILES string of the molecule is O=Cc1cccn1-c1ccc(Oc2ccc(-n3cccc3C=O)cc2)cc1. The molecule has 2 aromatic carbocycles. The van der Waals surface area contributed by atoms with Gasteiger partial charge in [-0.1, -0.05) is 0 Å². The highest BCUT2D eigenvalue weighted by Crippen LogP contribution is 2.24. The molecule has 0 aliphatic heterocycles. The molecular formula is C22H16N2O3. The Bertz CT molecular complexity index is 986. The molecule has 0 unspecified atom stereocenters. The molecular weight excluding hydrogens is 340 g/mol. The zero-order valence-electron chi connectivity index (χ0n) is 14.4. The first-order valence-corrected chi connectivity index (χ1v) is 8.42. The van der Waals surface area contributed by atoms with Gasteiger partial charge in [-0.05, 0) is 72.8 Å². The lowest BCUT2D eigenvalue weighted by Crippen LogP contribution is -1.97. The molecule has 0 aliphatic carbocycles. The highest BCUT2D eigenvalue weighted by atomic mass is 16.5. The first kappa shape index (κ1) is 16.6. The Labute approximate surface area is 156 Å². The van der Waals surface area contributed by atoms with E-state index in [1.165, 1.54) is 0 Å². The summed E-state index contributed by atoms with van der Waals surface area (Å²) in [5, 5.41) is 0. The smallest absolute Gasteiger partial charge is 0.166 e. The highest BCUT2D eigenvalue weighted by Gasteiger charge is 2.05. The molecule has 0 fully saturated rings. The van der Waals surface area contributed by atoms with Crippen LogP contribution in [0.4, 0.5) is 0 Å². The summed E-state index contributed by atoms with van der Waals surface area (Å²) in [5.74, 6) is 1.39. The van der Waals surface area contributed by atoms with Crippen LogP contribution in [-0.2, 0) is 0 Å². The van der Waals surface area contributed by atoms with Crippen molar-refractivity contribution in [2.24, 2.45) is 0 Å². The van der Waals surface area contributed by atoms with Crippen LogP contribution in [0.25, 0.3) is 11.4 Å². The summed E-state index contributed by atoms with van der Waals surface area (Å²) in [6.07, 6.45) is 5.33. The number of rotatable bonds is 6. The standard InChI is InChI=1S/C22H16N2O3/c25-15-19-3-1-13-23(19)17-5-9-21(10-6-17)27-22-11-7-18(8-12-22)24-14-2-4-20(24)16-26/h1-16H. The Balaban J connectivity index is 1.51. The van der Waals surface area contributed by atoms with Gasteiger partial charge in [-0.3, -0.25) is 9.59 Å². The van der Waals surface area contributed by atoms with Gasteiger partial charge in [-0.25, -0.2) is 0 Å². The molecule has 0 radical (unpaired) electrons. The second-order valence-corrected chi connectivity index (χ2v) is 5.93. The Morgan fingerprint density at radius 1 is 0.593 bits per heavy atom. The summed E-state index contributed by atoms with van der Waals surface area (Å²) in [6, 6.07) is 22.2. The van der Waals surface area contributed by atoms with Crippen LogP contribution in [0.5, 0.6) is 11.5 Å². The topological polar surface area (TPSA) is 53.2 Å². The van der Waals surface area contributed by atoms with Crippen LogP contribution in [0.2, 0.25) is 0 Å². The minimum atomic E-state index is 0.596. The normalized spacial score (nSPS) is 10.5. The van der Waals surface area contributed by atoms with Crippen molar-refractivity contribution in [2.45, 2.75) is 0 Å². The fraction of sp³-hybridized carbons (Fsp3) is 0. The predicted molar refractivity (Wildman–Crippen MR) is 102 cm³/mol. The van der Waals surface area contributed by atoms with Crippen molar-refractivity contribution in [3.8, 4) is 22.9 Å². The summed E-state index contributed by atoms with van der Waals surface area (Å²) in [5.41, 5.74) is 2.97. The molecule has 2 aromatic heterocycles. The van der Waals surface area contributed by atoms with Crippen molar-refractivity contribution in [3.63, 3.8) is 0 Å². The number of aromatic nitrogens is 2. The fourth-order valence-electron chi connectivity index (χ4n) is 2.94. The molecule has 4 rings (SSSR count). The largest absolute Gasteiger partial charge is 0.457 e. The quantitative estimate of drug-likeness (QED) is 0.471. The van der Waals surface area contributed by atoms with Gasteiger partial charge in [0.15, 0.2) is 12.6 Å². The number of aldehydes is 2. The first-order valence-electron chi connectivity index (χ1n) is 8.42. The third-order valence-electron chi connectivity index (χ3n) is 4.27. The second-order valence-electron chi connectivity index (χ2n) is 5.93. The second kappa shape index (κ2) is 7.17. The molecule has 132 valence electrons. The van der Waals surface area contributed by atoms with Crippen LogP contribution in [-0.4, -0.2) is 21.7 Å². The summed E-state index contributed by atoms with van der Waals surface area (Å²) < 4.78 is 9.50. The molecule has 0 spiro atoms. The summed E-state index contributed by atoms with van der Waals surface area (Å²) >= 11 is 0. The fourth-order valence-corrected chi connectivity index (χ4v) is 2.94. The molecule has 4 aromatic rings. The maximum atomic E-state index is 11.1. The number of benzene rings is 2. The number of hydrogen-bond acceptors (Lipinski definition) is 3. The molecule has 0 amide bonds. The average molecular weight is 356 g/mol. The van der Waals surface area contributed by atoms with Gasteiger partial charge < -0.3 is 13.9 Å². The van der Waals surface area contributed by atoms with Crippen molar-refractivity contribution in [1.29, 1.82) is 0 Å². The third-order valence-corrected chi connectivity index (χ3v) is 4.27. The van der Waals surface area contributed by atoms with Crippen molar-refractivity contribution in [1.82, 2.24) is 9.13 Å². The lowest BCUT2D eigenvalue weighted by Gasteiger charge is -2.10. The Kier molecular flexibility index (Phi) is 4.41. The van der Waals surface area contributed by atoms with Gasteiger partial charge >= 0.3 is 0 Å². The summed E-state index contributed by atoms with van der Waals surface area (Å²) in [4.78, 5) is 22.1. The summed E-state index contributed by atoms with van der Waals surface area (Å²) in [7, 11) is 0. The van der Waals surface area contributed by atoms with Crippen LogP contribution in [0.3, 0.4) is 0 Å². The van der Waals surface area contributed by atoms with Crippen molar-refractivity contribution in [3.05, 3.63) is 96.6 Å². The van der Waals surface area contributed by atoms with Crippen LogP contribution in [0.15, 0.2) is 85.2 Å². The molecule has 0 N–H and O–H groups in total. The number of carbonyl (C=O) groups is 2. The lowest BCUT2D eigenvalue weighted by atomic mass is 10.2. The number of carbonyl (C=O) groups excluding carboxylic acids is 2. The van der Waals surface area contributed by atoms with Crippen molar-refractivity contribution in [2.75, 3.05) is 0 Å². The molecule has 5 nitrogen and oxygen atoms in total. The van der Waals surface area contributed by atoms with Gasteiger partial charge in [-0.15, -0.1) is 0 Å². The van der Waals surface area contributed by atoms with Crippen molar-refractivity contribution < 1.29 is 14.3 Å². The van der Waals surface area contributed by atoms with Gasteiger partial charge in [0, 0.05) is 23.8 Å². The lowest BCUT2D eigenvalue weighted by molar-refractivity contribution is 0.111. The van der Waals surface area contributed by atoms with Gasteiger partial charge in [0.25, 0.3) is 0 Å². The van der Waals surface area contributed by atoms with Gasteiger partial charge in [0.2, 0.25) is 0 Å². The Morgan fingerprint density at radius 3 is 1.37 bits per heavy atom. The minimum absolute atomic E-state index is 0.596. The van der Waals surface area contributed by atoms with Gasteiger partial charge in [0.05, 0.1) is 11.4 Å². The van der Waals surface area contributed by atoms with E-state index in [1.807, 2.05) is 82.2 Å². The predicted octanol–water partition coefficient (Wildman–Crippen LogP) is 4.69. The van der Waals surface area contributed by atoms with E-state index in [1.54, 1.807) is 12.1 Å². The van der Waals surface area contributed by atoms with E-state index < -0.39 is 0 Å². The molecule has 0 bridgehead atoms. The number of hydrogen-bond donors (Lipinski definition) is 0. The molecule has 0 atom stereocenters. The molecule has 5 heteroatoms. The Hall–Kier alpha value is -3.86. The van der Waals surface area contributed by atoms with E-state index in [0.29, 0.717) is 22.9 Å². The summed E-state index contributed by atoms with van der Waals surface area (Å²) in [6.45, 7) is 0. The molecule has 0 saturated carbocycles. The zero-order chi connectivity index (χ0) is 18.6.